The van der Waals surface area contributed by atoms with Crippen LogP contribution in [0.4, 0.5) is 13.2 Å². The fourth-order valence-electron chi connectivity index (χ4n) is 2.62. The molecule has 136 valence electrons. The highest BCUT2D eigenvalue weighted by atomic mass is 35.7. The number of hydrogen-bond donors (Lipinski definition) is 0. The summed E-state index contributed by atoms with van der Waals surface area (Å²) in [5, 5.41) is 0.518. The molecule has 0 radical (unpaired) electrons. The second-order valence-electron chi connectivity index (χ2n) is 5.40. The summed E-state index contributed by atoms with van der Waals surface area (Å²) in [4.78, 5) is 8.94. The van der Waals surface area contributed by atoms with Gasteiger partial charge in [-0.1, -0.05) is 0 Å². The van der Waals surface area contributed by atoms with Gasteiger partial charge < -0.3 is 4.74 Å². The molecular formula is C17H12ClF3N2O2S. The molecule has 9 heteroatoms. The summed E-state index contributed by atoms with van der Waals surface area (Å²) in [6, 6.07) is 6.59. The number of aromatic nitrogens is 2. The van der Waals surface area contributed by atoms with Crippen molar-refractivity contribution in [3.63, 3.8) is 0 Å². The van der Waals surface area contributed by atoms with E-state index in [1.165, 1.54) is 19.2 Å². The minimum absolute atomic E-state index is 0.0612. The average molecular weight is 401 g/mol. The molecule has 0 saturated heterocycles. The Hall–Kier alpha value is -2.19. The minimum Gasteiger partial charge on any atom is -0.496 e. The van der Waals surface area contributed by atoms with Crippen LogP contribution in [0.5, 0.6) is 5.75 Å². The number of hydrogen-bond acceptors (Lipinski definition) is 4. The molecule has 26 heavy (non-hydrogen) atoms. The fourth-order valence-corrected chi connectivity index (χ4v) is 3.29. The van der Waals surface area contributed by atoms with Gasteiger partial charge in [-0.05, 0) is 47.9 Å². The topological polar surface area (TPSA) is 52.1 Å². The smallest absolute Gasteiger partial charge is 0.266 e. The summed E-state index contributed by atoms with van der Waals surface area (Å²) in [5.74, 6) is -0.629. The number of benzene rings is 2. The number of ether oxygens (including phenoxy) is 1. The summed E-state index contributed by atoms with van der Waals surface area (Å²) in [5.41, 5.74) is 0.223. The van der Waals surface area contributed by atoms with E-state index >= 15 is 0 Å². The third-order valence-electron chi connectivity index (χ3n) is 3.77. The Balaban J connectivity index is 2.31. The zero-order valence-electron chi connectivity index (χ0n) is 13.6. The van der Waals surface area contributed by atoms with Crippen molar-refractivity contribution in [2.75, 3.05) is 7.11 Å². The molecule has 0 bridgehead atoms. The zero-order chi connectivity index (χ0) is 19.0. The molecule has 3 rings (SSSR count). The summed E-state index contributed by atoms with van der Waals surface area (Å²) in [6.07, 6.45) is -2.97. The van der Waals surface area contributed by atoms with Crippen LogP contribution in [0.1, 0.15) is 17.8 Å². The number of rotatable bonds is 4. The van der Waals surface area contributed by atoms with Gasteiger partial charge in [-0.3, -0.25) is 0 Å². The van der Waals surface area contributed by atoms with E-state index in [4.69, 9.17) is 15.4 Å². The lowest BCUT2D eigenvalue weighted by Crippen LogP contribution is -2.00. The molecule has 0 aliphatic rings. The zero-order valence-corrected chi connectivity index (χ0v) is 15.2. The van der Waals surface area contributed by atoms with Crippen molar-refractivity contribution in [1.82, 2.24) is 9.97 Å². The number of nitrogens with zero attached hydrogens (tertiary/aromatic N) is 2. The Morgan fingerprint density at radius 3 is 2.54 bits per heavy atom. The van der Waals surface area contributed by atoms with E-state index in [0.29, 0.717) is 27.3 Å². The van der Waals surface area contributed by atoms with Crippen LogP contribution in [0, 0.1) is 12.7 Å². The van der Waals surface area contributed by atoms with Crippen LogP contribution in [0.3, 0.4) is 0 Å². The fraction of sp³-hybridized carbons (Fsp3) is 0.176. The molecule has 0 fully saturated rings. The molecule has 4 nitrogen and oxygen atoms in total. The first-order chi connectivity index (χ1) is 12.3. The van der Waals surface area contributed by atoms with E-state index in [1.807, 2.05) is 0 Å². The van der Waals surface area contributed by atoms with Crippen molar-refractivity contribution in [2.45, 2.75) is 18.2 Å². The van der Waals surface area contributed by atoms with E-state index in [2.05, 4.69) is 9.97 Å². The van der Waals surface area contributed by atoms with Gasteiger partial charge in [-0.15, -0.1) is 0 Å². The van der Waals surface area contributed by atoms with Crippen LogP contribution in [-0.4, -0.2) is 21.3 Å². The predicted octanol–water partition coefficient (Wildman–Crippen LogP) is 4.95. The summed E-state index contributed by atoms with van der Waals surface area (Å²) in [7, 11) is 5.19. The van der Waals surface area contributed by atoms with Crippen molar-refractivity contribution in [1.29, 1.82) is 0 Å². The number of fused-ring (bicyclic) bond motifs is 1. The first kappa shape index (κ1) is 18.6. The Morgan fingerprint density at radius 1 is 1.19 bits per heavy atom. The number of methoxy groups -OCH3 is 1. The van der Waals surface area contributed by atoms with Crippen molar-refractivity contribution in [2.24, 2.45) is 0 Å². The predicted molar refractivity (Wildman–Crippen MR) is 93.4 cm³/mol. The van der Waals surface area contributed by atoms with Gasteiger partial charge in [0.2, 0.25) is 0 Å². The van der Waals surface area contributed by atoms with Crippen molar-refractivity contribution >= 4 is 31.6 Å². The molecule has 1 unspecified atom stereocenters. The van der Waals surface area contributed by atoms with E-state index < -0.39 is 27.8 Å². The van der Waals surface area contributed by atoms with Crippen LogP contribution in [-0.2, 0) is 10.0 Å². The third-order valence-corrected chi connectivity index (χ3v) is 4.93. The molecule has 2 aromatic carbocycles. The molecule has 1 heterocycles. The van der Waals surface area contributed by atoms with E-state index in [0.717, 1.165) is 12.1 Å². The van der Waals surface area contributed by atoms with E-state index in [1.54, 1.807) is 13.0 Å². The average Bonchev–Trinajstić information content (AvgIpc) is 2.59. The van der Waals surface area contributed by atoms with E-state index in [-0.39, 0.29) is 11.3 Å². The quantitative estimate of drug-likeness (QED) is 0.581. The van der Waals surface area contributed by atoms with Gasteiger partial charge in [0.05, 0.1) is 28.8 Å². The van der Waals surface area contributed by atoms with E-state index in [9.17, 15) is 17.4 Å². The Labute approximate surface area is 153 Å². The Bertz CT molecular complexity index is 1030. The lowest BCUT2D eigenvalue weighted by atomic mass is 10.0. The van der Waals surface area contributed by atoms with Crippen molar-refractivity contribution in [3.05, 3.63) is 47.5 Å². The number of halogens is 4. The molecule has 0 aliphatic heterocycles. The number of aryl methyl sites for hydroxylation is 1. The molecule has 0 spiro atoms. The highest BCUT2D eigenvalue weighted by Gasteiger charge is 2.21. The van der Waals surface area contributed by atoms with Crippen LogP contribution in [0.2, 0.25) is 0 Å². The Morgan fingerprint density at radius 2 is 1.92 bits per heavy atom. The molecule has 1 aromatic heterocycles. The number of alkyl halides is 2. The molecule has 0 N–H and O–H groups in total. The lowest BCUT2D eigenvalue weighted by molar-refractivity contribution is 0.146. The maximum Gasteiger partial charge on any atom is 0.266 e. The van der Waals surface area contributed by atoms with Gasteiger partial charge in [0.1, 0.15) is 27.4 Å². The van der Waals surface area contributed by atoms with Crippen molar-refractivity contribution < 1.29 is 22.1 Å². The van der Waals surface area contributed by atoms with Gasteiger partial charge >= 0.3 is 0 Å². The second-order valence-corrected chi connectivity index (χ2v) is 7.16. The van der Waals surface area contributed by atoms with Gasteiger partial charge in [-0.25, -0.2) is 27.3 Å². The van der Waals surface area contributed by atoms with Crippen molar-refractivity contribution in [3.8, 4) is 17.0 Å². The van der Waals surface area contributed by atoms with Gasteiger partial charge in [-0.2, -0.15) is 0 Å². The Kier molecular flexibility index (Phi) is 5.15. The minimum atomic E-state index is -2.97. The summed E-state index contributed by atoms with van der Waals surface area (Å²) >= 11 is 0. The molecule has 0 amide bonds. The third kappa shape index (κ3) is 3.39. The standard InChI is InChI=1S/C17H12ClF3N2O2S/c1-8-22-14-5-9(26(18)24)3-4-10(14)16(23-8)12-6-13(19)11(17(20)21)7-15(12)25-2/h3-7,17H,1-2H3. The monoisotopic (exact) mass is 400 g/mol. The highest BCUT2D eigenvalue weighted by Crippen LogP contribution is 2.37. The first-order valence-corrected chi connectivity index (χ1v) is 9.31. The summed E-state index contributed by atoms with van der Waals surface area (Å²) in [6.45, 7) is 1.63. The second kappa shape index (κ2) is 7.20. The lowest BCUT2D eigenvalue weighted by Gasteiger charge is -2.14. The largest absolute Gasteiger partial charge is 0.496 e. The van der Waals surface area contributed by atoms with Crippen LogP contribution in [0.15, 0.2) is 35.2 Å². The van der Waals surface area contributed by atoms with Crippen LogP contribution < -0.4 is 4.74 Å². The normalized spacial score (nSPS) is 12.6. The molecule has 0 saturated carbocycles. The highest BCUT2D eigenvalue weighted by molar-refractivity contribution is 8.08. The van der Waals surface area contributed by atoms with Crippen LogP contribution in [0.25, 0.3) is 22.2 Å². The SMILES string of the molecule is COc1cc(C(F)F)c(F)cc1-c1nc(C)nc2cc(S(=O)Cl)ccc12. The van der Waals surface area contributed by atoms with Gasteiger partial charge in [0.15, 0.2) is 0 Å². The maximum absolute atomic E-state index is 14.1. The molecule has 0 aliphatic carbocycles. The summed E-state index contributed by atoms with van der Waals surface area (Å²) < 4.78 is 56.7. The maximum atomic E-state index is 14.1. The molecule has 1 atom stereocenters. The molecular weight excluding hydrogens is 389 g/mol. The first-order valence-electron chi connectivity index (χ1n) is 7.34. The van der Waals surface area contributed by atoms with Crippen LogP contribution >= 0.6 is 10.7 Å². The van der Waals surface area contributed by atoms with Gasteiger partial charge in [0, 0.05) is 10.9 Å². The molecule has 3 aromatic rings. The van der Waals surface area contributed by atoms with Gasteiger partial charge in [0.25, 0.3) is 6.43 Å².